The van der Waals surface area contributed by atoms with Gasteiger partial charge in [0.15, 0.2) is 5.76 Å². The molecule has 0 aliphatic rings. The molecule has 0 atom stereocenters. The van der Waals surface area contributed by atoms with Crippen molar-refractivity contribution in [2.45, 2.75) is 20.0 Å². The van der Waals surface area contributed by atoms with E-state index in [1.165, 1.54) is 0 Å². The van der Waals surface area contributed by atoms with E-state index in [0.717, 1.165) is 28.6 Å². The van der Waals surface area contributed by atoms with Crippen LogP contribution in [-0.4, -0.2) is 21.9 Å². The Kier molecular flexibility index (Phi) is 4.57. The highest BCUT2D eigenvalue weighted by atomic mass is 35.5. The molecular weight excluding hydrogens is 318 g/mol. The predicted octanol–water partition coefficient (Wildman–Crippen LogP) is 4.39. The first-order valence-corrected chi connectivity index (χ1v) is 8.16. The summed E-state index contributed by atoms with van der Waals surface area (Å²) in [6.45, 7) is 3.43. The van der Waals surface area contributed by atoms with E-state index in [2.05, 4.69) is 20.2 Å². The number of aromatic nitrogens is 2. The lowest BCUT2D eigenvalue weighted by Gasteiger charge is -2.12. The number of halogens is 1. The van der Waals surface area contributed by atoms with Crippen molar-refractivity contribution < 1.29 is 4.42 Å². The number of aryl methyl sites for hydroxylation is 1. The molecule has 114 valence electrons. The molecule has 0 saturated carbocycles. The largest absolute Gasteiger partial charge is 0.439 e. The van der Waals surface area contributed by atoms with Crippen LogP contribution in [0.3, 0.4) is 0 Å². The van der Waals surface area contributed by atoms with Gasteiger partial charge in [0.05, 0.1) is 23.4 Å². The number of hydrogen-bond donors (Lipinski definition) is 0. The van der Waals surface area contributed by atoms with E-state index in [-0.39, 0.29) is 0 Å². The lowest BCUT2D eigenvalue weighted by molar-refractivity contribution is 0.280. The maximum atomic E-state index is 6.00. The van der Waals surface area contributed by atoms with Crippen LogP contribution < -0.4 is 0 Å². The molecule has 0 N–H and O–H groups in total. The topological polar surface area (TPSA) is 42.2 Å². The van der Waals surface area contributed by atoms with E-state index in [0.29, 0.717) is 17.5 Å². The van der Waals surface area contributed by atoms with Crippen LogP contribution in [0.2, 0.25) is 5.02 Å². The van der Waals surface area contributed by atoms with Crippen molar-refractivity contribution >= 4 is 22.9 Å². The number of rotatable bonds is 5. The predicted molar refractivity (Wildman–Crippen MR) is 89.0 cm³/mol. The molecule has 0 radical (unpaired) electrons. The summed E-state index contributed by atoms with van der Waals surface area (Å²) in [6.07, 6.45) is 1.74. The van der Waals surface area contributed by atoms with E-state index < -0.39 is 0 Å². The Morgan fingerprint density at radius 3 is 2.91 bits per heavy atom. The molecule has 4 nitrogen and oxygen atoms in total. The van der Waals surface area contributed by atoms with Crippen LogP contribution in [0.5, 0.6) is 0 Å². The van der Waals surface area contributed by atoms with E-state index >= 15 is 0 Å². The van der Waals surface area contributed by atoms with Gasteiger partial charge in [-0.15, -0.1) is 11.3 Å². The van der Waals surface area contributed by atoms with Crippen molar-refractivity contribution in [3.63, 3.8) is 0 Å². The SMILES string of the molecule is Cc1nc(CN(C)Cc2ncc(-c3cccc(Cl)c3)o2)cs1. The zero-order valence-electron chi connectivity index (χ0n) is 12.4. The van der Waals surface area contributed by atoms with Crippen LogP contribution in [0.4, 0.5) is 0 Å². The molecule has 0 amide bonds. The summed E-state index contributed by atoms with van der Waals surface area (Å²) >= 11 is 7.67. The van der Waals surface area contributed by atoms with E-state index in [1.54, 1.807) is 17.5 Å². The summed E-state index contributed by atoms with van der Waals surface area (Å²) in [5.74, 6) is 1.42. The van der Waals surface area contributed by atoms with Crippen LogP contribution in [0.1, 0.15) is 16.6 Å². The zero-order valence-corrected chi connectivity index (χ0v) is 14.0. The van der Waals surface area contributed by atoms with Crippen LogP contribution in [0.25, 0.3) is 11.3 Å². The maximum Gasteiger partial charge on any atom is 0.209 e. The Bertz CT molecular complexity index is 768. The van der Waals surface area contributed by atoms with Gasteiger partial charge in [-0.2, -0.15) is 0 Å². The summed E-state index contributed by atoms with van der Waals surface area (Å²) < 4.78 is 5.81. The molecular formula is C16H16ClN3OS. The quantitative estimate of drug-likeness (QED) is 0.694. The zero-order chi connectivity index (χ0) is 15.5. The number of oxazole rings is 1. The standard InChI is InChI=1S/C16H16ClN3OS/c1-11-19-14(10-22-11)8-20(2)9-16-18-7-15(21-16)12-4-3-5-13(17)6-12/h3-7,10H,8-9H2,1-2H3. The Morgan fingerprint density at radius 1 is 1.32 bits per heavy atom. The molecule has 6 heteroatoms. The first-order valence-electron chi connectivity index (χ1n) is 6.90. The fourth-order valence-corrected chi connectivity index (χ4v) is 3.00. The smallest absolute Gasteiger partial charge is 0.209 e. The lowest BCUT2D eigenvalue weighted by atomic mass is 10.2. The monoisotopic (exact) mass is 333 g/mol. The first-order chi connectivity index (χ1) is 10.6. The highest BCUT2D eigenvalue weighted by Crippen LogP contribution is 2.24. The first kappa shape index (κ1) is 15.2. The molecule has 0 saturated heterocycles. The molecule has 3 aromatic rings. The van der Waals surface area contributed by atoms with Gasteiger partial charge >= 0.3 is 0 Å². The molecule has 0 fully saturated rings. The molecule has 2 heterocycles. The van der Waals surface area contributed by atoms with Crippen LogP contribution in [0, 0.1) is 6.92 Å². The number of benzene rings is 1. The van der Waals surface area contributed by atoms with Crippen LogP contribution >= 0.6 is 22.9 Å². The minimum atomic E-state index is 0.636. The van der Waals surface area contributed by atoms with Crippen molar-refractivity contribution in [2.24, 2.45) is 0 Å². The number of thiazole rings is 1. The van der Waals surface area contributed by atoms with Crippen molar-refractivity contribution in [3.05, 3.63) is 57.5 Å². The Labute approximate surface area is 138 Å². The number of nitrogens with zero attached hydrogens (tertiary/aromatic N) is 3. The van der Waals surface area contributed by atoms with E-state index in [9.17, 15) is 0 Å². The minimum absolute atomic E-state index is 0.636. The maximum absolute atomic E-state index is 6.00. The molecule has 0 spiro atoms. The van der Waals surface area contributed by atoms with Crippen LogP contribution in [0.15, 0.2) is 40.3 Å². The molecule has 0 bridgehead atoms. The third kappa shape index (κ3) is 3.74. The number of hydrogen-bond acceptors (Lipinski definition) is 5. The van der Waals surface area contributed by atoms with Crippen molar-refractivity contribution in [1.29, 1.82) is 0 Å². The third-order valence-corrected chi connectivity index (χ3v) is 4.22. The minimum Gasteiger partial charge on any atom is -0.439 e. The Balaban J connectivity index is 1.66. The fraction of sp³-hybridized carbons (Fsp3) is 0.250. The van der Waals surface area contributed by atoms with Gasteiger partial charge < -0.3 is 4.42 Å². The molecule has 1 aromatic carbocycles. The molecule has 22 heavy (non-hydrogen) atoms. The van der Waals surface area contributed by atoms with Gasteiger partial charge in [-0.1, -0.05) is 23.7 Å². The summed E-state index contributed by atoms with van der Waals surface area (Å²) in [7, 11) is 2.03. The Morgan fingerprint density at radius 2 is 2.18 bits per heavy atom. The van der Waals surface area contributed by atoms with Gasteiger partial charge in [0, 0.05) is 22.5 Å². The second-order valence-corrected chi connectivity index (χ2v) is 6.66. The van der Waals surface area contributed by atoms with Gasteiger partial charge in [-0.05, 0) is 26.1 Å². The molecule has 0 aliphatic carbocycles. The van der Waals surface area contributed by atoms with Gasteiger partial charge in [-0.3, -0.25) is 4.90 Å². The summed E-state index contributed by atoms with van der Waals surface area (Å²) in [5.41, 5.74) is 2.01. The van der Waals surface area contributed by atoms with Crippen molar-refractivity contribution in [1.82, 2.24) is 14.9 Å². The highest BCUT2D eigenvalue weighted by Gasteiger charge is 2.10. The van der Waals surface area contributed by atoms with Gasteiger partial charge in [0.2, 0.25) is 5.89 Å². The molecule has 0 unspecified atom stereocenters. The molecule has 0 aliphatic heterocycles. The molecule has 3 rings (SSSR count). The van der Waals surface area contributed by atoms with Crippen molar-refractivity contribution in [2.75, 3.05) is 7.05 Å². The highest BCUT2D eigenvalue weighted by molar-refractivity contribution is 7.09. The third-order valence-electron chi connectivity index (χ3n) is 3.17. The van der Waals surface area contributed by atoms with Gasteiger partial charge in [0.1, 0.15) is 0 Å². The van der Waals surface area contributed by atoms with E-state index in [4.69, 9.17) is 16.0 Å². The molecule has 2 aromatic heterocycles. The van der Waals surface area contributed by atoms with Crippen LogP contribution in [-0.2, 0) is 13.1 Å². The normalized spacial score (nSPS) is 11.3. The lowest BCUT2D eigenvalue weighted by Crippen LogP contribution is -2.17. The summed E-state index contributed by atoms with van der Waals surface area (Å²) in [6, 6.07) is 7.56. The average Bonchev–Trinajstić information content (AvgIpc) is 3.08. The fourth-order valence-electron chi connectivity index (χ4n) is 2.20. The van der Waals surface area contributed by atoms with E-state index in [1.807, 2.05) is 38.2 Å². The van der Waals surface area contributed by atoms with Gasteiger partial charge in [0.25, 0.3) is 0 Å². The second kappa shape index (κ2) is 6.60. The second-order valence-electron chi connectivity index (χ2n) is 5.16. The average molecular weight is 334 g/mol. The summed E-state index contributed by atoms with van der Waals surface area (Å²) in [5, 5.41) is 3.85. The van der Waals surface area contributed by atoms with Gasteiger partial charge in [-0.25, -0.2) is 9.97 Å². The van der Waals surface area contributed by atoms with Crippen molar-refractivity contribution in [3.8, 4) is 11.3 Å². The summed E-state index contributed by atoms with van der Waals surface area (Å²) in [4.78, 5) is 10.9. The Hall–Kier alpha value is -1.69.